The predicted octanol–water partition coefficient (Wildman–Crippen LogP) is 2.43. The first kappa shape index (κ1) is 19.4. The molecular formula is C24H25NO5. The molecule has 2 saturated heterocycles. The van der Waals surface area contributed by atoms with Gasteiger partial charge >= 0.3 is 5.97 Å². The van der Waals surface area contributed by atoms with Crippen LogP contribution < -0.4 is 4.74 Å². The average molecular weight is 407 g/mol. The summed E-state index contributed by atoms with van der Waals surface area (Å²) in [4.78, 5) is 14.8. The summed E-state index contributed by atoms with van der Waals surface area (Å²) in [6.07, 6.45) is 6.13. The largest absolute Gasteiger partial charge is 0.497 e. The van der Waals surface area contributed by atoms with Gasteiger partial charge in [0.2, 0.25) is 0 Å². The predicted molar refractivity (Wildman–Crippen MR) is 110 cm³/mol. The molecule has 0 radical (unpaired) electrons. The molecule has 1 aromatic carbocycles. The Bertz CT molecular complexity index is 998. The summed E-state index contributed by atoms with van der Waals surface area (Å²) in [6.45, 7) is 0. The lowest BCUT2D eigenvalue weighted by Gasteiger charge is -2.33. The van der Waals surface area contributed by atoms with Crippen LogP contribution in [0.1, 0.15) is 24.8 Å². The Hall–Kier alpha value is -2.59. The Morgan fingerprint density at radius 1 is 1.20 bits per heavy atom. The maximum Gasteiger partial charge on any atom is 0.332 e. The van der Waals surface area contributed by atoms with E-state index in [2.05, 4.69) is 22.8 Å². The highest BCUT2D eigenvalue weighted by molar-refractivity contribution is 5.90. The third kappa shape index (κ3) is 2.81. The number of benzene rings is 1. The zero-order chi connectivity index (χ0) is 20.9. The van der Waals surface area contributed by atoms with Gasteiger partial charge in [0.25, 0.3) is 0 Å². The minimum atomic E-state index is -0.615. The number of methoxy groups -OCH3 is 3. The number of hydrogen-bond acceptors (Lipinski definition) is 6. The van der Waals surface area contributed by atoms with Gasteiger partial charge in [0.05, 0.1) is 19.2 Å². The highest BCUT2D eigenvalue weighted by atomic mass is 16.7. The number of rotatable bonds is 4. The van der Waals surface area contributed by atoms with Crippen molar-refractivity contribution in [1.29, 1.82) is 0 Å². The fourth-order valence-electron chi connectivity index (χ4n) is 5.63. The lowest BCUT2D eigenvalue weighted by Crippen LogP contribution is -2.48. The number of esters is 1. The van der Waals surface area contributed by atoms with Gasteiger partial charge in [-0.15, -0.1) is 0 Å². The van der Waals surface area contributed by atoms with Crippen molar-refractivity contribution in [1.82, 2.24) is 4.90 Å². The SMILES string of the molecule is COc1cccc(C#CC2=C[C@@H]3C[C@@]4(OC(=O)C=C24)[C@H]2CCC(C(OC)OC)N32)c1. The number of fused-ring (bicyclic) bond motifs is 3. The van der Waals surface area contributed by atoms with E-state index in [4.69, 9.17) is 18.9 Å². The molecule has 156 valence electrons. The summed E-state index contributed by atoms with van der Waals surface area (Å²) in [5.74, 6) is 7.02. The van der Waals surface area contributed by atoms with Crippen molar-refractivity contribution in [2.75, 3.05) is 21.3 Å². The summed E-state index contributed by atoms with van der Waals surface area (Å²) >= 11 is 0. The maximum atomic E-state index is 12.4. The van der Waals surface area contributed by atoms with Crippen LogP contribution in [0.4, 0.5) is 0 Å². The zero-order valence-electron chi connectivity index (χ0n) is 17.4. The van der Waals surface area contributed by atoms with Gasteiger partial charge in [-0.25, -0.2) is 4.79 Å². The van der Waals surface area contributed by atoms with Crippen molar-refractivity contribution in [3.05, 3.63) is 53.1 Å². The lowest BCUT2D eigenvalue weighted by atomic mass is 9.77. The van der Waals surface area contributed by atoms with Crippen molar-refractivity contribution >= 4 is 5.97 Å². The third-order valence-electron chi connectivity index (χ3n) is 6.75. The molecule has 2 bridgehead atoms. The fourth-order valence-corrected chi connectivity index (χ4v) is 5.63. The van der Waals surface area contributed by atoms with Crippen LogP contribution in [-0.4, -0.2) is 62.2 Å². The topological polar surface area (TPSA) is 57.2 Å². The van der Waals surface area contributed by atoms with E-state index < -0.39 is 5.60 Å². The number of carbonyl (C=O) groups is 1. The van der Waals surface area contributed by atoms with Gasteiger partial charge < -0.3 is 18.9 Å². The molecule has 4 aliphatic rings. The van der Waals surface area contributed by atoms with Crippen LogP contribution in [0, 0.1) is 11.8 Å². The summed E-state index contributed by atoms with van der Waals surface area (Å²) in [7, 11) is 4.98. The van der Waals surface area contributed by atoms with E-state index in [9.17, 15) is 4.79 Å². The molecule has 6 heteroatoms. The molecule has 0 saturated carbocycles. The Labute approximate surface area is 176 Å². The Kier molecular flexibility index (Phi) is 4.70. The zero-order valence-corrected chi connectivity index (χ0v) is 17.4. The minimum absolute atomic E-state index is 0.116. The second kappa shape index (κ2) is 7.28. The molecule has 1 aliphatic carbocycles. The van der Waals surface area contributed by atoms with Gasteiger partial charge in [-0.05, 0) is 31.0 Å². The molecule has 1 unspecified atom stereocenters. The van der Waals surface area contributed by atoms with Crippen LogP contribution in [0.25, 0.3) is 0 Å². The van der Waals surface area contributed by atoms with Crippen LogP contribution in [0.3, 0.4) is 0 Å². The van der Waals surface area contributed by atoms with Gasteiger partial charge in [-0.1, -0.05) is 24.0 Å². The molecule has 3 aliphatic heterocycles. The van der Waals surface area contributed by atoms with Gasteiger partial charge in [-0.3, -0.25) is 4.90 Å². The van der Waals surface area contributed by atoms with Crippen LogP contribution in [0.2, 0.25) is 0 Å². The fraction of sp³-hybridized carbons (Fsp3) is 0.458. The number of carbonyl (C=O) groups excluding carboxylic acids is 1. The molecular weight excluding hydrogens is 382 g/mol. The Balaban J connectivity index is 1.53. The van der Waals surface area contributed by atoms with Crippen molar-refractivity contribution in [3.8, 4) is 17.6 Å². The highest BCUT2D eigenvalue weighted by Crippen LogP contribution is 2.56. The van der Waals surface area contributed by atoms with Gasteiger partial charge in [0.1, 0.15) is 5.75 Å². The lowest BCUT2D eigenvalue weighted by molar-refractivity contribution is -0.151. The highest BCUT2D eigenvalue weighted by Gasteiger charge is 2.65. The number of nitrogens with zero attached hydrogens (tertiary/aromatic N) is 1. The molecule has 0 aromatic heterocycles. The molecule has 0 N–H and O–H groups in total. The van der Waals surface area contributed by atoms with Gasteiger partial charge in [0, 0.05) is 49.5 Å². The van der Waals surface area contributed by atoms with E-state index in [1.807, 2.05) is 24.3 Å². The number of ether oxygens (including phenoxy) is 4. The molecule has 1 spiro atoms. The monoisotopic (exact) mass is 407 g/mol. The molecule has 1 aromatic rings. The van der Waals surface area contributed by atoms with Crippen molar-refractivity contribution in [2.24, 2.45) is 0 Å². The number of hydrogen-bond donors (Lipinski definition) is 0. The van der Waals surface area contributed by atoms with Crippen LogP contribution >= 0.6 is 0 Å². The van der Waals surface area contributed by atoms with Crippen LogP contribution in [-0.2, 0) is 19.0 Å². The second-order valence-electron chi connectivity index (χ2n) is 8.15. The smallest absolute Gasteiger partial charge is 0.332 e. The first-order valence-electron chi connectivity index (χ1n) is 10.3. The molecule has 4 atom stereocenters. The van der Waals surface area contributed by atoms with E-state index in [1.54, 1.807) is 27.4 Å². The first-order chi connectivity index (χ1) is 14.6. The average Bonchev–Trinajstić information content (AvgIpc) is 3.41. The summed E-state index contributed by atoms with van der Waals surface area (Å²) in [6, 6.07) is 8.03. The molecule has 0 amide bonds. The maximum absolute atomic E-state index is 12.4. The van der Waals surface area contributed by atoms with E-state index in [-0.39, 0.29) is 30.4 Å². The summed E-state index contributed by atoms with van der Waals surface area (Å²) < 4.78 is 22.4. The first-order valence-corrected chi connectivity index (χ1v) is 10.3. The minimum Gasteiger partial charge on any atom is -0.497 e. The molecule has 6 nitrogen and oxygen atoms in total. The quantitative estimate of drug-likeness (QED) is 0.434. The van der Waals surface area contributed by atoms with E-state index >= 15 is 0 Å². The summed E-state index contributed by atoms with van der Waals surface area (Å²) in [5.41, 5.74) is 2.04. The van der Waals surface area contributed by atoms with Crippen LogP contribution in [0.5, 0.6) is 5.75 Å². The van der Waals surface area contributed by atoms with Crippen LogP contribution in [0.15, 0.2) is 47.6 Å². The van der Waals surface area contributed by atoms with Crippen molar-refractivity contribution in [3.63, 3.8) is 0 Å². The van der Waals surface area contributed by atoms with Gasteiger partial charge in [0.15, 0.2) is 11.9 Å². The second-order valence-corrected chi connectivity index (χ2v) is 8.15. The Morgan fingerprint density at radius 2 is 2.03 bits per heavy atom. The molecule has 5 rings (SSSR count). The molecule has 2 fully saturated rings. The van der Waals surface area contributed by atoms with Crippen molar-refractivity contribution < 1.29 is 23.7 Å². The standard InChI is InChI=1S/C24H25NO5/c1-27-18-6-4-5-15(11-18)7-8-16-12-17-14-24(19(16)13-22(26)30-24)21-10-9-20(25(17)21)23(28-2)29-3/h4-6,11-13,17,20-21,23H,9-10,14H2,1-3H3/t17-,20?,21-,24+/m1/s1. The normalized spacial score (nSPS) is 31.5. The summed E-state index contributed by atoms with van der Waals surface area (Å²) in [5, 5.41) is 0. The van der Waals surface area contributed by atoms with E-state index in [0.29, 0.717) is 0 Å². The van der Waals surface area contributed by atoms with E-state index in [1.165, 1.54) is 0 Å². The van der Waals surface area contributed by atoms with Crippen molar-refractivity contribution in [2.45, 2.75) is 49.3 Å². The Morgan fingerprint density at radius 3 is 2.80 bits per heavy atom. The molecule has 30 heavy (non-hydrogen) atoms. The molecule has 3 heterocycles. The third-order valence-corrected chi connectivity index (χ3v) is 6.75. The van der Waals surface area contributed by atoms with E-state index in [0.717, 1.165) is 41.7 Å². The van der Waals surface area contributed by atoms with Gasteiger partial charge in [-0.2, -0.15) is 0 Å².